The van der Waals surface area contributed by atoms with Crippen LogP contribution in [-0.4, -0.2) is 46.3 Å². The highest BCUT2D eigenvalue weighted by Crippen LogP contribution is 2.33. The molecule has 1 aliphatic heterocycles. The zero-order chi connectivity index (χ0) is 27.8. The van der Waals surface area contributed by atoms with E-state index < -0.39 is 11.2 Å². The van der Waals surface area contributed by atoms with Gasteiger partial charge in [-0.1, -0.05) is 41.6 Å². The predicted molar refractivity (Wildman–Crippen MR) is 154 cm³/mol. The van der Waals surface area contributed by atoms with Crippen molar-refractivity contribution in [1.82, 2.24) is 4.90 Å². The van der Waals surface area contributed by atoms with E-state index in [9.17, 15) is 14.4 Å². The SMILES string of the molecule is CCOC(=O)c1ccc(N=C2S[C@@H](CC(=O)Nc3cccc(OCC)c3)C(=O)N2Cc2ccc(Cl)cc2)cc1. The number of benzene rings is 3. The number of esters is 1. The number of aliphatic imine (C=N–C) groups is 1. The van der Waals surface area contributed by atoms with Crippen LogP contribution in [0.2, 0.25) is 5.02 Å². The second-order valence-electron chi connectivity index (χ2n) is 8.53. The minimum absolute atomic E-state index is 0.0275. The molecule has 3 aromatic rings. The molecule has 1 saturated heterocycles. The van der Waals surface area contributed by atoms with Gasteiger partial charge in [0.1, 0.15) is 11.0 Å². The van der Waals surface area contributed by atoms with E-state index in [4.69, 9.17) is 21.1 Å². The van der Waals surface area contributed by atoms with E-state index in [-0.39, 0.29) is 31.4 Å². The highest BCUT2D eigenvalue weighted by Gasteiger charge is 2.39. The van der Waals surface area contributed by atoms with Crippen molar-refractivity contribution in [3.8, 4) is 5.75 Å². The van der Waals surface area contributed by atoms with Crippen LogP contribution in [0, 0.1) is 0 Å². The van der Waals surface area contributed by atoms with E-state index in [1.807, 2.05) is 25.1 Å². The standard InChI is InChI=1S/C29H28ClN3O5S/c1-3-37-24-7-5-6-23(16-24)31-26(34)17-25-27(35)33(18-19-8-12-21(30)13-9-19)29(39-25)32-22-14-10-20(11-15-22)28(36)38-4-2/h5-16,25H,3-4,17-18H2,1-2H3,(H,31,34)/t25-/m0/s1. The van der Waals surface area contributed by atoms with Gasteiger partial charge in [-0.05, 0) is 67.9 Å². The van der Waals surface area contributed by atoms with Crippen molar-refractivity contribution >= 4 is 57.7 Å². The molecular formula is C29H28ClN3O5S. The maximum absolute atomic E-state index is 13.5. The first kappa shape index (κ1) is 28.2. The molecule has 4 rings (SSSR count). The van der Waals surface area contributed by atoms with Gasteiger partial charge in [-0.3, -0.25) is 14.5 Å². The van der Waals surface area contributed by atoms with Crippen LogP contribution in [-0.2, 0) is 20.9 Å². The number of rotatable bonds is 10. The zero-order valence-electron chi connectivity index (χ0n) is 21.6. The van der Waals surface area contributed by atoms with E-state index in [0.29, 0.717) is 39.5 Å². The Kier molecular flexibility index (Phi) is 9.62. The van der Waals surface area contributed by atoms with Crippen molar-refractivity contribution in [2.24, 2.45) is 4.99 Å². The van der Waals surface area contributed by atoms with Crippen LogP contribution in [0.4, 0.5) is 11.4 Å². The number of nitrogens with one attached hydrogen (secondary N) is 1. The molecule has 39 heavy (non-hydrogen) atoms. The Morgan fingerprint density at radius 1 is 1.03 bits per heavy atom. The maximum Gasteiger partial charge on any atom is 0.338 e. The molecule has 0 aromatic heterocycles. The Hall–Kier alpha value is -3.82. The van der Waals surface area contributed by atoms with Crippen molar-refractivity contribution in [2.75, 3.05) is 18.5 Å². The average Bonchev–Trinajstić information content (AvgIpc) is 3.19. The van der Waals surface area contributed by atoms with Crippen LogP contribution in [0.5, 0.6) is 5.75 Å². The molecule has 1 fully saturated rings. The lowest BCUT2D eigenvalue weighted by molar-refractivity contribution is -0.128. The molecule has 1 atom stereocenters. The number of ether oxygens (including phenoxy) is 2. The summed E-state index contributed by atoms with van der Waals surface area (Å²) in [6, 6.07) is 21.0. The number of hydrogen-bond donors (Lipinski definition) is 1. The summed E-state index contributed by atoms with van der Waals surface area (Å²) >= 11 is 7.26. The number of nitrogens with zero attached hydrogens (tertiary/aromatic N) is 2. The van der Waals surface area contributed by atoms with Crippen molar-refractivity contribution in [3.05, 3.63) is 88.9 Å². The van der Waals surface area contributed by atoms with E-state index in [1.165, 1.54) is 11.8 Å². The fraction of sp³-hybridized carbons (Fsp3) is 0.241. The molecule has 1 heterocycles. The van der Waals surface area contributed by atoms with Crippen LogP contribution in [0.3, 0.4) is 0 Å². The van der Waals surface area contributed by atoms with E-state index >= 15 is 0 Å². The molecule has 0 aliphatic carbocycles. The normalized spacial score (nSPS) is 15.9. The van der Waals surface area contributed by atoms with Crippen molar-refractivity contribution in [1.29, 1.82) is 0 Å². The van der Waals surface area contributed by atoms with Crippen molar-refractivity contribution in [2.45, 2.75) is 32.1 Å². The molecule has 0 unspecified atom stereocenters. The Balaban J connectivity index is 1.53. The van der Waals surface area contributed by atoms with Crippen LogP contribution < -0.4 is 10.1 Å². The fourth-order valence-corrected chi connectivity index (χ4v) is 5.13. The van der Waals surface area contributed by atoms with E-state index in [0.717, 1.165) is 5.56 Å². The first-order chi connectivity index (χ1) is 18.9. The molecule has 0 spiro atoms. The fourth-order valence-electron chi connectivity index (χ4n) is 3.85. The second kappa shape index (κ2) is 13.3. The third kappa shape index (κ3) is 7.61. The van der Waals surface area contributed by atoms with E-state index in [1.54, 1.807) is 66.4 Å². The largest absolute Gasteiger partial charge is 0.494 e. The van der Waals surface area contributed by atoms with Crippen LogP contribution >= 0.6 is 23.4 Å². The third-order valence-electron chi connectivity index (χ3n) is 5.68. The zero-order valence-corrected chi connectivity index (χ0v) is 23.1. The summed E-state index contributed by atoms with van der Waals surface area (Å²) in [6.45, 7) is 4.71. The summed E-state index contributed by atoms with van der Waals surface area (Å²) in [4.78, 5) is 44.6. The number of carbonyl (C=O) groups excluding carboxylic acids is 3. The van der Waals surface area contributed by atoms with Crippen LogP contribution in [0.1, 0.15) is 36.2 Å². The van der Waals surface area contributed by atoms with Gasteiger partial charge in [0, 0.05) is 23.2 Å². The predicted octanol–water partition coefficient (Wildman–Crippen LogP) is 6.08. The van der Waals surface area contributed by atoms with Crippen molar-refractivity contribution < 1.29 is 23.9 Å². The summed E-state index contributed by atoms with van der Waals surface area (Å²) < 4.78 is 10.5. The Bertz CT molecular complexity index is 1360. The molecule has 1 aliphatic rings. The average molecular weight is 566 g/mol. The van der Waals surface area contributed by atoms with E-state index in [2.05, 4.69) is 10.3 Å². The van der Waals surface area contributed by atoms with Gasteiger partial charge < -0.3 is 14.8 Å². The second-order valence-corrected chi connectivity index (χ2v) is 10.1. The summed E-state index contributed by atoms with van der Waals surface area (Å²) in [6.07, 6.45) is -0.0275. The summed E-state index contributed by atoms with van der Waals surface area (Å²) in [5, 5.41) is 3.27. The van der Waals surface area contributed by atoms with Crippen LogP contribution in [0.15, 0.2) is 77.8 Å². The quantitative estimate of drug-likeness (QED) is 0.299. The maximum atomic E-state index is 13.5. The Morgan fingerprint density at radius 2 is 1.77 bits per heavy atom. The Labute approximate surface area is 236 Å². The lowest BCUT2D eigenvalue weighted by Crippen LogP contribution is -2.33. The highest BCUT2D eigenvalue weighted by molar-refractivity contribution is 8.15. The van der Waals surface area contributed by atoms with Gasteiger partial charge in [-0.25, -0.2) is 9.79 Å². The number of hydrogen-bond acceptors (Lipinski definition) is 7. The lowest BCUT2D eigenvalue weighted by atomic mass is 10.2. The first-order valence-electron chi connectivity index (χ1n) is 12.5. The number of carbonyl (C=O) groups is 3. The van der Waals surface area contributed by atoms with Gasteiger partial charge in [-0.2, -0.15) is 0 Å². The molecule has 0 radical (unpaired) electrons. The first-order valence-corrected chi connectivity index (χ1v) is 13.7. The van der Waals surface area contributed by atoms with Crippen LogP contribution in [0.25, 0.3) is 0 Å². The van der Waals surface area contributed by atoms with Gasteiger partial charge in [0.15, 0.2) is 5.17 Å². The molecule has 202 valence electrons. The van der Waals surface area contributed by atoms with Gasteiger partial charge in [0.05, 0.1) is 31.0 Å². The smallest absolute Gasteiger partial charge is 0.338 e. The number of amides is 2. The topological polar surface area (TPSA) is 97.3 Å². The monoisotopic (exact) mass is 565 g/mol. The molecule has 3 aromatic carbocycles. The molecular weight excluding hydrogens is 538 g/mol. The lowest BCUT2D eigenvalue weighted by Gasteiger charge is -2.17. The molecule has 0 saturated carbocycles. The number of anilines is 1. The summed E-state index contributed by atoms with van der Waals surface area (Å²) in [7, 11) is 0. The van der Waals surface area contributed by atoms with Crippen molar-refractivity contribution in [3.63, 3.8) is 0 Å². The van der Waals surface area contributed by atoms with Gasteiger partial charge in [0.2, 0.25) is 11.8 Å². The third-order valence-corrected chi connectivity index (χ3v) is 7.10. The minimum Gasteiger partial charge on any atom is -0.494 e. The Morgan fingerprint density at radius 3 is 2.46 bits per heavy atom. The summed E-state index contributed by atoms with van der Waals surface area (Å²) in [5.74, 6) is -0.264. The van der Waals surface area contributed by atoms with Gasteiger partial charge in [0.25, 0.3) is 0 Å². The molecule has 8 nitrogen and oxygen atoms in total. The molecule has 1 N–H and O–H groups in total. The number of halogens is 1. The summed E-state index contributed by atoms with van der Waals surface area (Å²) in [5.41, 5.74) is 2.45. The minimum atomic E-state index is -0.648. The van der Waals surface area contributed by atoms with Gasteiger partial charge >= 0.3 is 5.97 Å². The van der Waals surface area contributed by atoms with Gasteiger partial charge in [-0.15, -0.1) is 0 Å². The molecule has 0 bridgehead atoms. The number of amidine groups is 1. The highest BCUT2D eigenvalue weighted by atomic mass is 35.5. The molecule has 2 amide bonds. The number of thioether (sulfide) groups is 1. The molecule has 10 heteroatoms.